The summed E-state index contributed by atoms with van der Waals surface area (Å²) in [4.78, 5) is 30.8. The molecule has 0 spiro atoms. The fourth-order valence-electron chi connectivity index (χ4n) is 5.07. The van der Waals surface area contributed by atoms with Crippen LogP contribution in [0.2, 0.25) is 0 Å². The Balaban J connectivity index is 1.35. The molecule has 1 aliphatic carbocycles. The smallest absolute Gasteiger partial charge is 0.416 e. The van der Waals surface area contributed by atoms with E-state index in [0.717, 1.165) is 31.4 Å². The fourth-order valence-corrected chi connectivity index (χ4v) is 5.07. The zero-order valence-electron chi connectivity index (χ0n) is 22.8. The molecule has 1 aromatic carbocycles. The number of benzene rings is 1. The van der Waals surface area contributed by atoms with Crippen LogP contribution in [0, 0.1) is 11.7 Å². The molecule has 1 unspecified atom stereocenters. The van der Waals surface area contributed by atoms with Crippen LogP contribution in [0.4, 0.5) is 32.3 Å². The second-order valence-corrected chi connectivity index (χ2v) is 10.4. The topological polar surface area (TPSA) is 104 Å². The lowest BCUT2D eigenvalue weighted by Crippen LogP contribution is -2.42. The van der Waals surface area contributed by atoms with Crippen LogP contribution < -0.4 is 9.64 Å². The van der Waals surface area contributed by atoms with Gasteiger partial charge in [-0.3, -0.25) is 9.69 Å². The maximum absolute atomic E-state index is 15.3. The van der Waals surface area contributed by atoms with E-state index in [1.54, 1.807) is 13.8 Å². The van der Waals surface area contributed by atoms with E-state index in [1.807, 2.05) is 0 Å². The van der Waals surface area contributed by atoms with Crippen molar-refractivity contribution in [2.24, 2.45) is 5.92 Å². The Kier molecular flexibility index (Phi) is 7.08. The predicted octanol–water partition coefficient (Wildman–Crippen LogP) is 5.44. The van der Waals surface area contributed by atoms with Gasteiger partial charge in [0.1, 0.15) is 23.5 Å². The van der Waals surface area contributed by atoms with Gasteiger partial charge in [0.15, 0.2) is 11.5 Å². The van der Waals surface area contributed by atoms with Gasteiger partial charge < -0.3 is 9.30 Å². The average Bonchev–Trinajstić information content (AvgIpc) is 3.56. The number of hydrogen-bond donors (Lipinski definition) is 0. The number of carbonyl (C=O) groups is 1. The second-order valence-electron chi connectivity index (χ2n) is 10.4. The molecular weight excluding hydrogens is 582 g/mol. The molecule has 0 radical (unpaired) electrons. The maximum Gasteiger partial charge on any atom is 0.434 e. The molecule has 1 amide bonds. The van der Waals surface area contributed by atoms with Crippen molar-refractivity contribution in [3.8, 4) is 28.7 Å². The van der Waals surface area contributed by atoms with Crippen molar-refractivity contribution in [1.29, 1.82) is 0 Å². The number of fused-ring (bicyclic) bond motifs is 1. The summed E-state index contributed by atoms with van der Waals surface area (Å²) >= 11 is 0. The van der Waals surface area contributed by atoms with Gasteiger partial charge in [0.05, 0.1) is 30.3 Å². The number of anilines is 1. The number of carbonyl (C=O) groups excluding carboxylic acids is 1. The number of halogens is 6. The Labute approximate surface area is 240 Å². The number of aryl methyl sites for hydroxylation is 1. The molecule has 6 rings (SSSR count). The second kappa shape index (κ2) is 10.6. The summed E-state index contributed by atoms with van der Waals surface area (Å²) in [5, 5.41) is 4.48. The van der Waals surface area contributed by atoms with E-state index in [-0.39, 0.29) is 66.1 Å². The van der Waals surface area contributed by atoms with Crippen molar-refractivity contribution in [1.82, 2.24) is 34.3 Å². The Morgan fingerprint density at radius 2 is 1.91 bits per heavy atom. The van der Waals surface area contributed by atoms with Crippen LogP contribution in [0.15, 0.2) is 30.7 Å². The SMILES string of the molecule is CCn1cc(C(F)(F)F)nc1-c1ccc(CN2C(=O)C(C)Cn3nc(-c4c(OC(F)F)ncnc4C4CC4)nc32)cc1F. The number of alkyl halides is 5. The van der Waals surface area contributed by atoms with Crippen LogP contribution in [0.1, 0.15) is 49.6 Å². The fraction of sp³-hybridized carbons (Fsp3) is 0.407. The van der Waals surface area contributed by atoms with E-state index in [0.29, 0.717) is 11.3 Å². The van der Waals surface area contributed by atoms with Gasteiger partial charge >= 0.3 is 12.8 Å². The largest absolute Gasteiger partial charge is 0.434 e. The molecule has 16 heteroatoms. The summed E-state index contributed by atoms with van der Waals surface area (Å²) in [5.41, 5.74) is -0.350. The molecule has 1 aliphatic heterocycles. The number of ether oxygens (including phenoxy) is 1. The molecule has 10 nitrogen and oxygen atoms in total. The minimum Gasteiger partial charge on any atom is -0.416 e. The Morgan fingerprint density at radius 1 is 1.14 bits per heavy atom. The van der Waals surface area contributed by atoms with E-state index in [4.69, 9.17) is 0 Å². The third-order valence-corrected chi connectivity index (χ3v) is 7.28. The molecule has 2 aliphatic rings. The lowest BCUT2D eigenvalue weighted by atomic mass is 10.1. The summed E-state index contributed by atoms with van der Waals surface area (Å²) in [6.45, 7) is 0.293. The van der Waals surface area contributed by atoms with Gasteiger partial charge in [0, 0.05) is 18.7 Å². The molecule has 0 N–H and O–H groups in total. The minimum absolute atomic E-state index is 0.00668. The number of nitrogens with zero attached hydrogens (tertiary/aromatic N) is 8. The van der Waals surface area contributed by atoms with Gasteiger partial charge in [-0.1, -0.05) is 13.0 Å². The van der Waals surface area contributed by atoms with Crippen molar-refractivity contribution < 1.29 is 35.9 Å². The standard InChI is InChI=1S/C27H24F6N8O2/c1-3-39-11-18(27(31,32)33)36-22(39)16-7-4-14(8-17(16)28)10-40-24(42)13(2)9-41-26(40)37-21(38-41)19-20(15-5-6-15)34-12-35-23(19)43-25(29)30/h4,7-8,11-13,15,25H,3,5-6,9-10H2,1-2H3. The predicted molar refractivity (Wildman–Crippen MR) is 138 cm³/mol. The first kappa shape index (κ1) is 28.6. The zero-order chi connectivity index (χ0) is 30.6. The zero-order valence-corrected chi connectivity index (χ0v) is 22.8. The lowest BCUT2D eigenvalue weighted by molar-refractivity contribution is -0.141. The molecule has 1 saturated carbocycles. The minimum atomic E-state index is -4.69. The number of amides is 1. The molecule has 1 atom stereocenters. The van der Waals surface area contributed by atoms with Gasteiger partial charge in [0.2, 0.25) is 17.7 Å². The third-order valence-electron chi connectivity index (χ3n) is 7.28. The Hall–Kier alpha value is -4.50. The molecule has 4 heterocycles. The average molecular weight is 607 g/mol. The van der Waals surface area contributed by atoms with Crippen LogP contribution in [-0.4, -0.2) is 46.8 Å². The van der Waals surface area contributed by atoms with Crippen LogP contribution in [-0.2, 0) is 30.6 Å². The molecule has 43 heavy (non-hydrogen) atoms. The van der Waals surface area contributed by atoms with Crippen LogP contribution in [0.3, 0.4) is 0 Å². The molecule has 4 aromatic rings. The summed E-state index contributed by atoms with van der Waals surface area (Å²) in [6, 6.07) is 3.92. The highest BCUT2D eigenvalue weighted by atomic mass is 19.4. The van der Waals surface area contributed by atoms with E-state index < -0.39 is 30.2 Å². The molecule has 226 valence electrons. The molecule has 0 bridgehead atoms. The van der Waals surface area contributed by atoms with E-state index in [2.05, 4.69) is 29.8 Å². The van der Waals surface area contributed by atoms with Crippen LogP contribution >= 0.6 is 0 Å². The first-order valence-corrected chi connectivity index (χ1v) is 13.4. The van der Waals surface area contributed by atoms with Gasteiger partial charge in [0.25, 0.3) is 0 Å². The van der Waals surface area contributed by atoms with Crippen molar-refractivity contribution in [3.05, 3.63) is 53.5 Å². The highest BCUT2D eigenvalue weighted by Crippen LogP contribution is 2.45. The lowest BCUT2D eigenvalue weighted by Gasteiger charge is -2.29. The van der Waals surface area contributed by atoms with Crippen LogP contribution in [0.5, 0.6) is 5.88 Å². The summed E-state index contributed by atoms with van der Waals surface area (Å²) < 4.78 is 88.7. The van der Waals surface area contributed by atoms with E-state index in [9.17, 15) is 26.7 Å². The van der Waals surface area contributed by atoms with Gasteiger partial charge in [-0.2, -0.15) is 26.9 Å². The molecule has 0 saturated heterocycles. The van der Waals surface area contributed by atoms with Gasteiger partial charge in [-0.15, -0.1) is 5.10 Å². The van der Waals surface area contributed by atoms with E-state index >= 15 is 4.39 Å². The maximum atomic E-state index is 15.3. The number of aromatic nitrogens is 7. The van der Waals surface area contributed by atoms with Crippen molar-refractivity contribution in [3.63, 3.8) is 0 Å². The van der Waals surface area contributed by atoms with Crippen molar-refractivity contribution in [2.75, 3.05) is 4.90 Å². The summed E-state index contributed by atoms with van der Waals surface area (Å²) in [7, 11) is 0. The first-order valence-electron chi connectivity index (χ1n) is 13.4. The Bertz CT molecular complexity index is 1700. The first-order chi connectivity index (χ1) is 20.4. The summed E-state index contributed by atoms with van der Waals surface area (Å²) in [5.74, 6) is -2.13. The van der Waals surface area contributed by atoms with E-state index in [1.165, 1.54) is 26.3 Å². The molecular formula is C27H24F6N8O2. The number of rotatable bonds is 8. The molecule has 3 aromatic heterocycles. The van der Waals surface area contributed by atoms with Gasteiger partial charge in [-0.25, -0.2) is 24.0 Å². The Morgan fingerprint density at radius 3 is 2.56 bits per heavy atom. The van der Waals surface area contributed by atoms with Crippen LogP contribution in [0.25, 0.3) is 22.8 Å². The van der Waals surface area contributed by atoms with Crippen molar-refractivity contribution >= 4 is 11.9 Å². The van der Waals surface area contributed by atoms with Crippen molar-refractivity contribution in [2.45, 2.75) is 65.0 Å². The highest BCUT2D eigenvalue weighted by molar-refractivity contribution is 5.94. The number of hydrogen-bond acceptors (Lipinski definition) is 7. The van der Waals surface area contributed by atoms with Gasteiger partial charge in [-0.05, 0) is 37.5 Å². The third kappa shape index (κ3) is 5.41. The quantitative estimate of drug-likeness (QED) is 0.246. The number of imidazole rings is 1. The monoisotopic (exact) mass is 606 g/mol. The summed E-state index contributed by atoms with van der Waals surface area (Å²) in [6.07, 6.45) is -1.14. The highest BCUT2D eigenvalue weighted by Gasteiger charge is 2.38. The molecule has 1 fully saturated rings. The normalized spacial score (nSPS) is 17.1.